The summed E-state index contributed by atoms with van der Waals surface area (Å²) in [6.45, 7) is 6.66. The molecule has 3 unspecified atom stereocenters. The normalized spacial score (nSPS) is 27.2. The third-order valence-corrected chi connectivity index (χ3v) is 4.24. The van der Waals surface area contributed by atoms with E-state index in [-0.39, 0.29) is 12.1 Å². The molecule has 0 bridgehead atoms. The minimum atomic E-state index is 0.114. The van der Waals surface area contributed by atoms with Gasteiger partial charge in [-0.2, -0.15) is 0 Å². The molecule has 2 rings (SSSR count). The minimum Gasteiger partial charge on any atom is -0.493 e. The van der Waals surface area contributed by atoms with Crippen molar-refractivity contribution in [1.82, 2.24) is 0 Å². The third kappa shape index (κ3) is 4.37. The smallest absolute Gasteiger partial charge is 0.164 e. The maximum absolute atomic E-state index is 6.37. The van der Waals surface area contributed by atoms with E-state index in [1.54, 1.807) is 7.11 Å². The summed E-state index contributed by atoms with van der Waals surface area (Å²) in [5, 5.41) is 0. The zero-order valence-electron chi connectivity index (χ0n) is 13.8. The lowest BCUT2D eigenvalue weighted by Crippen LogP contribution is -2.29. The molecule has 1 aromatic rings. The summed E-state index contributed by atoms with van der Waals surface area (Å²) in [5.41, 5.74) is 7.11. The standard InChI is InChI=1S/C18H29NO2/c1-12-8-13(2)10-16(9-12)21-18-15(11-14(3)19)6-5-7-17(18)20-4/h5-7,12-14,16H,8-11,19H2,1-4H3. The second-order valence-electron chi connectivity index (χ2n) is 6.79. The Morgan fingerprint density at radius 1 is 1.19 bits per heavy atom. The van der Waals surface area contributed by atoms with Crippen LogP contribution in [-0.4, -0.2) is 19.3 Å². The lowest BCUT2D eigenvalue weighted by Gasteiger charge is -2.32. The number of ether oxygens (including phenoxy) is 2. The molecule has 1 aromatic carbocycles. The fourth-order valence-corrected chi connectivity index (χ4v) is 3.50. The average Bonchev–Trinajstić information content (AvgIpc) is 2.39. The monoisotopic (exact) mass is 291 g/mol. The summed E-state index contributed by atoms with van der Waals surface area (Å²) in [4.78, 5) is 0. The van der Waals surface area contributed by atoms with Gasteiger partial charge < -0.3 is 15.2 Å². The molecule has 3 atom stereocenters. The Labute approximate surface area is 128 Å². The first kappa shape index (κ1) is 16.2. The molecule has 118 valence electrons. The van der Waals surface area contributed by atoms with Gasteiger partial charge in [-0.1, -0.05) is 26.0 Å². The van der Waals surface area contributed by atoms with Crippen LogP contribution < -0.4 is 15.2 Å². The highest BCUT2D eigenvalue weighted by Gasteiger charge is 2.26. The number of hydrogen-bond acceptors (Lipinski definition) is 3. The van der Waals surface area contributed by atoms with Crippen molar-refractivity contribution in [2.75, 3.05) is 7.11 Å². The van der Waals surface area contributed by atoms with Crippen LogP contribution in [-0.2, 0) is 6.42 Å². The first-order chi connectivity index (χ1) is 9.99. The molecule has 0 spiro atoms. The molecule has 1 saturated carbocycles. The summed E-state index contributed by atoms with van der Waals surface area (Å²) in [6, 6.07) is 6.19. The topological polar surface area (TPSA) is 44.5 Å². The van der Waals surface area contributed by atoms with E-state index in [9.17, 15) is 0 Å². The van der Waals surface area contributed by atoms with Crippen LogP contribution in [0, 0.1) is 11.8 Å². The van der Waals surface area contributed by atoms with E-state index in [1.807, 2.05) is 19.1 Å². The van der Waals surface area contributed by atoms with Gasteiger partial charge in [-0.15, -0.1) is 0 Å². The zero-order chi connectivity index (χ0) is 15.4. The molecular weight excluding hydrogens is 262 g/mol. The molecular formula is C18H29NO2. The summed E-state index contributed by atoms with van der Waals surface area (Å²) < 4.78 is 11.9. The van der Waals surface area contributed by atoms with Gasteiger partial charge in [0.05, 0.1) is 13.2 Å². The highest BCUT2D eigenvalue weighted by atomic mass is 16.5. The number of nitrogens with two attached hydrogens (primary N) is 1. The first-order valence-corrected chi connectivity index (χ1v) is 8.07. The molecule has 3 nitrogen and oxygen atoms in total. The second-order valence-corrected chi connectivity index (χ2v) is 6.79. The predicted molar refractivity (Wildman–Crippen MR) is 86.9 cm³/mol. The van der Waals surface area contributed by atoms with Crippen molar-refractivity contribution >= 4 is 0 Å². The van der Waals surface area contributed by atoms with Crippen LogP contribution in [0.25, 0.3) is 0 Å². The molecule has 0 amide bonds. The van der Waals surface area contributed by atoms with E-state index >= 15 is 0 Å². The predicted octanol–water partition coefficient (Wildman–Crippen LogP) is 3.79. The van der Waals surface area contributed by atoms with Crippen molar-refractivity contribution in [3.63, 3.8) is 0 Å². The maximum Gasteiger partial charge on any atom is 0.164 e. The summed E-state index contributed by atoms with van der Waals surface area (Å²) in [6.07, 6.45) is 4.65. The van der Waals surface area contributed by atoms with E-state index in [2.05, 4.69) is 19.9 Å². The average molecular weight is 291 g/mol. The molecule has 0 radical (unpaired) electrons. The van der Waals surface area contributed by atoms with Crippen LogP contribution in [0.1, 0.15) is 45.6 Å². The van der Waals surface area contributed by atoms with Crippen LogP contribution in [0.4, 0.5) is 0 Å². The fourth-order valence-electron chi connectivity index (χ4n) is 3.50. The third-order valence-electron chi connectivity index (χ3n) is 4.24. The Bertz CT molecular complexity index is 449. The van der Waals surface area contributed by atoms with Gasteiger partial charge in [0.1, 0.15) is 0 Å². The van der Waals surface area contributed by atoms with E-state index < -0.39 is 0 Å². The minimum absolute atomic E-state index is 0.114. The largest absolute Gasteiger partial charge is 0.493 e. The van der Waals surface area contributed by atoms with Crippen molar-refractivity contribution in [1.29, 1.82) is 0 Å². The van der Waals surface area contributed by atoms with E-state index in [4.69, 9.17) is 15.2 Å². The molecule has 0 saturated heterocycles. The Morgan fingerprint density at radius 3 is 2.43 bits per heavy atom. The van der Waals surface area contributed by atoms with Crippen molar-refractivity contribution < 1.29 is 9.47 Å². The van der Waals surface area contributed by atoms with Crippen molar-refractivity contribution in [3.05, 3.63) is 23.8 Å². The van der Waals surface area contributed by atoms with Gasteiger partial charge in [0.2, 0.25) is 0 Å². The van der Waals surface area contributed by atoms with Gasteiger partial charge >= 0.3 is 0 Å². The Kier molecular flexibility index (Phi) is 5.51. The van der Waals surface area contributed by atoms with Crippen LogP contribution in [0.15, 0.2) is 18.2 Å². The van der Waals surface area contributed by atoms with Crippen molar-refractivity contribution in [3.8, 4) is 11.5 Å². The molecule has 21 heavy (non-hydrogen) atoms. The molecule has 1 aliphatic carbocycles. The van der Waals surface area contributed by atoms with Crippen LogP contribution in [0.5, 0.6) is 11.5 Å². The van der Waals surface area contributed by atoms with Gasteiger partial charge in [0.25, 0.3) is 0 Å². The Morgan fingerprint density at radius 2 is 1.86 bits per heavy atom. The molecule has 1 fully saturated rings. The van der Waals surface area contributed by atoms with Crippen LogP contribution >= 0.6 is 0 Å². The zero-order valence-corrected chi connectivity index (χ0v) is 13.8. The first-order valence-electron chi connectivity index (χ1n) is 8.07. The van der Waals surface area contributed by atoms with Crippen LogP contribution in [0.3, 0.4) is 0 Å². The van der Waals surface area contributed by atoms with Gasteiger partial charge in [0.15, 0.2) is 11.5 Å². The SMILES string of the molecule is COc1cccc(CC(C)N)c1OC1CC(C)CC(C)C1. The maximum atomic E-state index is 6.37. The molecule has 3 heteroatoms. The summed E-state index contributed by atoms with van der Waals surface area (Å²) in [5.74, 6) is 3.17. The van der Waals surface area contributed by atoms with Crippen molar-refractivity contribution in [2.45, 2.75) is 58.6 Å². The van der Waals surface area contributed by atoms with Crippen LogP contribution in [0.2, 0.25) is 0 Å². The lowest BCUT2D eigenvalue weighted by molar-refractivity contribution is 0.0969. The fraction of sp³-hybridized carbons (Fsp3) is 0.667. The summed E-state index contributed by atoms with van der Waals surface area (Å²) in [7, 11) is 1.70. The van der Waals surface area contributed by atoms with E-state index in [0.717, 1.165) is 48.2 Å². The summed E-state index contributed by atoms with van der Waals surface area (Å²) >= 11 is 0. The number of methoxy groups -OCH3 is 1. The van der Waals surface area contributed by atoms with Crippen molar-refractivity contribution in [2.24, 2.45) is 17.6 Å². The number of benzene rings is 1. The van der Waals surface area contributed by atoms with E-state index in [0.29, 0.717) is 0 Å². The number of hydrogen-bond donors (Lipinski definition) is 1. The highest BCUT2D eigenvalue weighted by Crippen LogP contribution is 2.37. The highest BCUT2D eigenvalue weighted by molar-refractivity contribution is 5.47. The Balaban J connectivity index is 2.20. The lowest BCUT2D eigenvalue weighted by atomic mass is 9.82. The molecule has 0 aromatic heterocycles. The second kappa shape index (κ2) is 7.17. The molecule has 2 N–H and O–H groups in total. The Hall–Kier alpha value is -1.22. The molecule has 0 heterocycles. The van der Waals surface area contributed by atoms with Gasteiger partial charge in [-0.3, -0.25) is 0 Å². The molecule has 1 aliphatic rings. The van der Waals surface area contributed by atoms with Gasteiger partial charge in [-0.25, -0.2) is 0 Å². The quantitative estimate of drug-likeness (QED) is 0.897. The van der Waals surface area contributed by atoms with Gasteiger partial charge in [-0.05, 0) is 56.1 Å². The number of para-hydroxylation sites is 1. The number of rotatable bonds is 5. The molecule has 0 aliphatic heterocycles. The van der Waals surface area contributed by atoms with Gasteiger partial charge in [0, 0.05) is 6.04 Å². The van der Waals surface area contributed by atoms with E-state index in [1.165, 1.54) is 6.42 Å².